The largest absolute Gasteiger partial charge is 0.456 e. The van der Waals surface area contributed by atoms with Gasteiger partial charge in [-0.25, -0.2) is 9.97 Å². The highest BCUT2D eigenvalue weighted by Crippen LogP contribution is 2.43. The molecule has 4 heterocycles. The van der Waals surface area contributed by atoms with E-state index in [9.17, 15) is 0 Å². The van der Waals surface area contributed by atoms with E-state index in [1.807, 2.05) is 42.5 Å². The molecule has 0 N–H and O–H groups in total. The van der Waals surface area contributed by atoms with Gasteiger partial charge in [-0.05, 0) is 60.7 Å². The van der Waals surface area contributed by atoms with Gasteiger partial charge in [0.25, 0.3) is 0 Å². The first-order valence-electron chi connectivity index (χ1n) is 17.1. The summed E-state index contributed by atoms with van der Waals surface area (Å²) in [6.07, 6.45) is 0. The molecule has 0 unspecified atom stereocenters. The van der Waals surface area contributed by atoms with E-state index in [4.69, 9.17) is 18.8 Å². The summed E-state index contributed by atoms with van der Waals surface area (Å²) in [6, 6.07) is 56.5. The summed E-state index contributed by atoms with van der Waals surface area (Å²) >= 11 is 0. The van der Waals surface area contributed by atoms with Crippen molar-refractivity contribution in [2.45, 2.75) is 0 Å². The van der Waals surface area contributed by atoms with Crippen LogP contribution in [-0.4, -0.2) is 14.5 Å². The molecule has 0 saturated carbocycles. The van der Waals surface area contributed by atoms with Crippen molar-refractivity contribution in [3.63, 3.8) is 0 Å². The lowest BCUT2D eigenvalue weighted by molar-refractivity contribution is 0.669. The van der Waals surface area contributed by atoms with E-state index in [-0.39, 0.29) is 0 Å². The summed E-state index contributed by atoms with van der Waals surface area (Å²) in [5, 5.41) is 6.53. The number of hydrogen-bond acceptors (Lipinski definition) is 4. The molecule has 11 rings (SSSR count). The molecule has 0 aliphatic heterocycles. The fraction of sp³-hybridized carbons (Fsp3) is 0. The summed E-state index contributed by atoms with van der Waals surface area (Å²) in [4.78, 5) is 10.3. The minimum Gasteiger partial charge on any atom is -0.456 e. The van der Waals surface area contributed by atoms with Crippen LogP contribution in [0.5, 0.6) is 0 Å². The maximum Gasteiger partial charge on any atom is 0.160 e. The second-order valence-corrected chi connectivity index (χ2v) is 12.9. The van der Waals surface area contributed by atoms with Gasteiger partial charge in [-0.3, -0.25) is 0 Å². The lowest BCUT2D eigenvalue weighted by Crippen LogP contribution is -1.96. The van der Waals surface area contributed by atoms with Crippen molar-refractivity contribution in [2.75, 3.05) is 0 Å². The second-order valence-electron chi connectivity index (χ2n) is 12.9. The Morgan fingerprint density at radius 2 is 1.10 bits per heavy atom. The van der Waals surface area contributed by atoms with E-state index in [0.717, 1.165) is 99.4 Å². The van der Waals surface area contributed by atoms with Gasteiger partial charge in [-0.15, -0.1) is 0 Å². The van der Waals surface area contributed by atoms with Crippen LogP contribution >= 0.6 is 0 Å². The lowest BCUT2D eigenvalue weighted by atomic mass is 10.0. The molecule has 0 fully saturated rings. The minimum absolute atomic E-state index is 0.621. The third-order valence-electron chi connectivity index (χ3n) is 10.0. The molecule has 0 aliphatic carbocycles. The van der Waals surface area contributed by atoms with Crippen LogP contribution in [0.1, 0.15) is 0 Å². The van der Waals surface area contributed by atoms with Gasteiger partial charge in [0.1, 0.15) is 22.3 Å². The summed E-state index contributed by atoms with van der Waals surface area (Å²) in [5.74, 6) is 0.621. The molecule has 0 bridgehead atoms. The first-order valence-corrected chi connectivity index (χ1v) is 17.1. The molecule has 7 aromatic carbocycles. The summed E-state index contributed by atoms with van der Waals surface area (Å²) in [6.45, 7) is 0. The van der Waals surface area contributed by atoms with Crippen molar-refractivity contribution in [1.29, 1.82) is 0 Å². The molecule has 238 valence electrons. The molecular weight excluding hydrogens is 627 g/mol. The predicted molar refractivity (Wildman–Crippen MR) is 207 cm³/mol. The first kappa shape index (κ1) is 27.9. The Kier molecular flexibility index (Phi) is 5.89. The van der Waals surface area contributed by atoms with Crippen LogP contribution in [0.2, 0.25) is 0 Å². The highest BCUT2D eigenvalue weighted by Gasteiger charge is 2.21. The predicted octanol–water partition coefficient (Wildman–Crippen LogP) is 12.4. The molecule has 0 saturated heterocycles. The zero-order chi connectivity index (χ0) is 33.5. The van der Waals surface area contributed by atoms with Crippen molar-refractivity contribution < 1.29 is 8.83 Å². The van der Waals surface area contributed by atoms with Crippen LogP contribution in [0, 0.1) is 0 Å². The maximum absolute atomic E-state index is 7.00. The Labute approximate surface area is 291 Å². The monoisotopic (exact) mass is 653 g/mol. The average molecular weight is 654 g/mol. The molecule has 5 nitrogen and oxygen atoms in total. The molecule has 0 aliphatic rings. The van der Waals surface area contributed by atoms with Crippen molar-refractivity contribution in [1.82, 2.24) is 14.5 Å². The second kappa shape index (κ2) is 10.8. The van der Waals surface area contributed by atoms with Crippen molar-refractivity contribution in [3.05, 3.63) is 164 Å². The van der Waals surface area contributed by atoms with Crippen molar-refractivity contribution >= 4 is 65.7 Å². The van der Waals surface area contributed by atoms with Crippen molar-refractivity contribution in [3.8, 4) is 39.6 Å². The van der Waals surface area contributed by atoms with Crippen LogP contribution in [0.4, 0.5) is 0 Å². The lowest BCUT2D eigenvalue weighted by Gasteiger charge is -2.10. The Bertz CT molecular complexity index is 3130. The zero-order valence-corrected chi connectivity index (χ0v) is 27.2. The smallest absolute Gasteiger partial charge is 0.160 e. The third kappa shape index (κ3) is 4.22. The molecule has 0 spiro atoms. The molecule has 5 heteroatoms. The SMILES string of the molecule is c1ccc(-c2cc(-c3cccc4c3oc3c4ccc4c3c3ccccc3n4-c3ccccc3)nc(-c3ccc4c(c3)oc3ccccc34)n2)cc1. The van der Waals surface area contributed by atoms with E-state index in [0.29, 0.717) is 5.82 Å². The molecular formula is C46H27N3O2. The first-order chi connectivity index (χ1) is 25.3. The number of benzene rings is 7. The zero-order valence-electron chi connectivity index (χ0n) is 27.2. The van der Waals surface area contributed by atoms with Crippen LogP contribution in [0.25, 0.3) is 105 Å². The fourth-order valence-electron chi connectivity index (χ4n) is 7.70. The van der Waals surface area contributed by atoms with E-state index in [2.05, 4.69) is 126 Å². The number of nitrogens with zero attached hydrogens (tertiary/aromatic N) is 3. The standard InChI is InChI=1S/C46H27N3O2/c1-3-12-28(13-4-1)37-27-38(48-46(47-37)29-22-23-32-31-16-8-10-21-41(31)50-42(32)26-29)35-19-11-18-33-34-24-25-40-43(45(34)51-44(33)35)36-17-7-9-20-39(36)49(40)30-14-5-2-6-15-30/h1-27H. The maximum atomic E-state index is 7.00. The number of fused-ring (bicyclic) bond motifs is 10. The number of hydrogen-bond donors (Lipinski definition) is 0. The number of furan rings is 2. The quantitative estimate of drug-likeness (QED) is 0.190. The molecule has 0 amide bonds. The summed E-state index contributed by atoms with van der Waals surface area (Å²) in [7, 11) is 0. The molecule has 11 aromatic rings. The topological polar surface area (TPSA) is 57.0 Å². The number of rotatable bonds is 4. The van der Waals surface area contributed by atoms with Gasteiger partial charge in [0.2, 0.25) is 0 Å². The summed E-state index contributed by atoms with van der Waals surface area (Å²) in [5.41, 5.74) is 11.1. The van der Waals surface area contributed by atoms with Gasteiger partial charge < -0.3 is 13.4 Å². The third-order valence-corrected chi connectivity index (χ3v) is 10.0. The molecule has 0 radical (unpaired) electrons. The Morgan fingerprint density at radius 3 is 1.98 bits per heavy atom. The van der Waals surface area contributed by atoms with E-state index >= 15 is 0 Å². The highest BCUT2D eigenvalue weighted by molar-refractivity contribution is 6.24. The van der Waals surface area contributed by atoms with Crippen LogP contribution in [-0.2, 0) is 0 Å². The normalized spacial score (nSPS) is 11.9. The minimum atomic E-state index is 0.621. The van der Waals surface area contributed by atoms with Gasteiger partial charge in [0.15, 0.2) is 5.82 Å². The van der Waals surface area contributed by atoms with Gasteiger partial charge in [-0.1, -0.05) is 103 Å². The average Bonchev–Trinajstić information content (AvgIpc) is 3.87. The molecule has 51 heavy (non-hydrogen) atoms. The van der Waals surface area contributed by atoms with Crippen LogP contribution in [0.15, 0.2) is 173 Å². The highest BCUT2D eigenvalue weighted by atomic mass is 16.3. The van der Waals surface area contributed by atoms with Crippen molar-refractivity contribution in [2.24, 2.45) is 0 Å². The van der Waals surface area contributed by atoms with Gasteiger partial charge >= 0.3 is 0 Å². The van der Waals surface area contributed by atoms with Crippen LogP contribution in [0.3, 0.4) is 0 Å². The summed E-state index contributed by atoms with van der Waals surface area (Å²) < 4.78 is 15.6. The van der Waals surface area contributed by atoms with Gasteiger partial charge in [0.05, 0.1) is 27.8 Å². The van der Waals surface area contributed by atoms with E-state index in [1.165, 1.54) is 0 Å². The van der Waals surface area contributed by atoms with Gasteiger partial charge in [0, 0.05) is 49.3 Å². The molecule has 0 atom stereocenters. The Hall–Kier alpha value is -6.98. The Balaban J connectivity index is 1.16. The van der Waals surface area contributed by atoms with E-state index in [1.54, 1.807) is 0 Å². The van der Waals surface area contributed by atoms with E-state index < -0.39 is 0 Å². The number of aromatic nitrogens is 3. The van der Waals surface area contributed by atoms with Gasteiger partial charge in [-0.2, -0.15) is 0 Å². The fourth-order valence-corrected chi connectivity index (χ4v) is 7.70. The van der Waals surface area contributed by atoms with Crippen LogP contribution < -0.4 is 0 Å². The Morgan fingerprint density at radius 1 is 0.412 bits per heavy atom. The molecule has 4 aromatic heterocycles. The number of para-hydroxylation sites is 4.